The van der Waals surface area contributed by atoms with Crippen LogP contribution in [-0.4, -0.2) is 39.2 Å². The highest BCUT2D eigenvalue weighted by atomic mass is 32.2. The minimum atomic E-state index is -0.0381. The van der Waals surface area contributed by atoms with Crippen LogP contribution in [0.5, 0.6) is 0 Å². The Bertz CT molecular complexity index is 1160. The van der Waals surface area contributed by atoms with Crippen LogP contribution in [-0.2, 0) is 17.8 Å². The maximum Gasteiger partial charge on any atom is 0.271 e. The molecule has 4 heterocycles. The van der Waals surface area contributed by atoms with Gasteiger partial charge in [-0.2, -0.15) is 0 Å². The number of carbonyl (C=O) groups is 1. The van der Waals surface area contributed by atoms with Gasteiger partial charge in [-0.25, -0.2) is 4.98 Å². The second kappa shape index (κ2) is 8.76. The van der Waals surface area contributed by atoms with E-state index in [0.717, 1.165) is 23.7 Å². The van der Waals surface area contributed by atoms with Gasteiger partial charge in [0.25, 0.3) is 5.56 Å². The first-order valence-electron chi connectivity index (χ1n) is 10.9. The third-order valence-corrected chi connectivity index (χ3v) is 8.64. The zero-order chi connectivity index (χ0) is 21.4. The Balaban J connectivity index is 1.51. The van der Waals surface area contributed by atoms with Gasteiger partial charge in [-0.05, 0) is 43.5 Å². The van der Waals surface area contributed by atoms with E-state index in [9.17, 15) is 9.59 Å². The van der Waals surface area contributed by atoms with Gasteiger partial charge in [-0.15, -0.1) is 23.1 Å². The predicted molar refractivity (Wildman–Crippen MR) is 127 cm³/mol. The topological polar surface area (TPSA) is 67.2 Å². The summed E-state index contributed by atoms with van der Waals surface area (Å²) in [5.41, 5.74) is 3.87. The minimum absolute atomic E-state index is 0.0218. The fourth-order valence-corrected chi connectivity index (χ4v) is 6.63. The molecular weight excluding hydrogens is 428 g/mol. The van der Waals surface area contributed by atoms with Crippen LogP contribution in [0.15, 0.2) is 39.6 Å². The monoisotopic (exact) mass is 454 g/mol. The molecule has 2 aliphatic rings. The number of piperidine rings is 1. The first kappa shape index (κ1) is 20.7. The van der Waals surface area contributed by atoms with E-state index in [0.29, 0.717) is 28.2 Å². The molecule has 5 rings (SSSR count). The van der Waals surface area contributed by atoms with Crippen molar-refractivity contribution in [1.29, 1.82) is 0 Å². The van der Waals surface area contributed by atoms with E-state index in [1.165, 1.54) is 53.5 Å². The van der Waals surface area contributed by atoms with Gasteiger partial charge in [0.15, 0.2) is 0 Å². The number of fused-ring (bicyclic) bond motifs is 3. The summed E-state index contributed by atoms with van der Waals surface area (Å²) in [6.07, 6.45) is 6.34. The zero-order valence-corrected chi connectivity index (χ0v) is 19.2. The van der Waals surface area contributed by atoms with Crippen molar-refractivity contribution in [1.82, 2.24) is 14.5 Å². The molecule has 31 heavy (non-hydrogen) atoms. The molecule has 162 valence electrons. The Morgan fingerprint density at radius 3 is 2.65 bits per heavy atom. The summed E-state index contributed by atoms with van der Waals surface area (Å²) in [6.45, 7) is 4.86. The second-order valence-corrected chi connectivity index (χ2v) is 10.5. The molecule has 3 aromatic rings. The van der Waals surface area contributed by atoms with E-state index in [4.69, 9.17) is 0 Å². The normalized spacial score (nSPS) is 18.0. The number of likely N-dealkylation sites (tertiary alicyclic amines) is 1. The number of thioether (sulfide) groups is 1. The van der Waals surface area contributed by atoms with Gasteiger partial charge in [0.05, 0.1) is 28.0 Å². The SMILES string of the molecule is CCc1ccc([C@H](Cn2cnc3c4c(sc3c2=O)SCC(=O)N4)N2CCCCC2)cc1. The molecule has 0 unspecified atom stereocenters. The van der Waals surface area contributed by atoms with Crippen molar-refractivity contribution < 1.29 is 4.79 Å². The van der Waals surface area contributed by atoms with E-state index in [-0.39, 0.29) is 17.5 Å². The second-order valence-electron chi connectivity index (χ2n) is 8.19. The van der Waals surface area contributed by atoms with Crippen molar-refractivity contribution >= 4 is 44.9 Å². The van der Waals surface area contributed by atoms with Gasteiger partial charge < -0.3 is 5.32 Å². The highest BCUT2D eigenvalue weighted by molar-refractivity contribution is 8.02. The van der Waals surface area contributed by atoms with Crippen LogP contribution in [0.25, 0.3) is 10.2 Å². The summed E-state index contributed by atoms with van der Waals surface area (Å²) in [4.78, 5) is 32.3. The molecule has 0 spiro atoms. The summed E-state index contributed by atoms with van der Waals surface area (Å²) < 4.78 is 3.35. The number of carbonyl (C=O) groups excluding carboxylic acids is 1. The van der Waals surface area contributed by atoms with Crippen molar-refractivity contribution in [2.24, 2.45) is 0 Å². The minimum Gasteiger partial charge on any atom is -0.322 e. The summed E-state index contributed by atoms with van der Waals surface area (Å²) in [5, 5.41) is 2.89. The number of aromatic nitrogens is 2. The third kappa shape index (κ3) is 4.04. The van der Waals surface area contributed by atoms with Crippen molar-refractivity contribution in [3.05, 3.63) is 52.1 Å². The average Bonchev–Trinajstić information content (AvgIpc) is 3.18. The Morgan fingerprint density at radius 1 is 1.13 bits per heavy atom. The molecule has 6 nitrogen and oxygen atoms in total. The summed E-state index contributed by atoms with van der Waals surface area (Å²) in [7, 11) is 0. The number of anilines is 1. The van der Waals surface area contributed by atoms with Crippen LogP contribution in [0.3, 0.4) is 0 Å². The van der Waals surface area contributed by atoms with Gasteiger partial charge >= 0.3 is 0 Å². The molecule has 1 atom stereocenters. The van der Waals surface area contributed by atoms with E-state index in [1.54, 1.807) is 10.9 Å². The lowest BCUT2D eigenvalue weighted by atomic mass is 9.99. The summed E-state index contributed by atoms with van der Waals surface area (Å²) in [6, 6.07) is 8.97. The number of nitrogens with one attached hydrogen (secondary N) is 1. The highest BCUT2D eigenvalue weighted by Crippen LogP contribution is 2.42. The number of hydrogen-bond donors (Lipinski definition) is 1. The van der Waals surface area contributed by atoms with Gasteiger partial charge in [-0.3, -0.25) is 19.1 Å². The smallest absolute Gasteiger partial charge is 0.271 e. The molecule has 2 aliphatic heterocycles. The van der Waals surface area contributed by atoms with Crippen molar-refractivity contribution in [3.63, 3.8) is 0 Å². The summed E-state index contributed by atoms with van der Waals surface area (Å²) >= 11 is 2.93. The fourth-order valence-electron chi connectivity index (χ4n) is 4.45. The quantitative estimate of drug-likeness (QED) is 0.623. The number of thiophene rings is 1. The summed E-state index contributed by atoms with van der Waals surface area (Å²) in [5.74, 6) is 0.350. The van der Waals surface area contributed by atoms with Crippen LogP contribution >= 0.6 is 23.1 Å². The first-order valence-corrected chi connectivity index (χ1v) is 12.7. The van der Waals surface area contributed by atoms with Crippen LogP contribution in [0, 0.1) is 0 Å². The first-order chi connectivity index (χ1) is 15.1. The molecule has 0 saturated carbocycles. The maximum atomic E-state index is 13.4. The molecule has 1 saturated heterocycles. The van der Waals surface area contributed by atoms with Crippen molar-refractivity contribution in [3.8, 4) is 0 Å². The largest absolute Gasteiger partial charge is 0.322 e. The Labute approximate surface area is 189 Å². The standard InChI is InChI=1S/C23H26N4O2S2/c1-2-15-6-8-16(9-7-15)17(26-10-4-3-5-11-26)12-27-14-24-19-20-23(30-13-18(28)25-20)31-21(19)22(27)29/h6-9,14,17H,2-5,10-13H2,1H3,(H,25,28)/t17-/m0/s1. The number of rotatable bonds is 5. The predicted octanol–water partition coefficient (Wildman–Crippen LogP) is 4.29. The molecule has 0 aliphatic carbocycles. The average molecular weight is 455 g/mol. The number of amides is 1. The van der Waals surface area contributed by atoms with E-state index in [2.05, 4.69) is 46.4 Å². The molecule has 0 radical (unpaired) electrons. The maximum absolute atomic E-state index is 13.4. The van der Waals surface area contributed by atoms with Crippen molar-refractivity contribution in [2.45, 2.75) is 49.4 Å². The van der Waals surface area contributed by atoms with Gasteiger partial charge in [0.1, 0.15) is 10.2 Å². The highest BCUT2D eigenvalue weighted by Gasteiger charge is 2.26. The molecule has 1 N–H and O–H groups in total. The zero-order valence-electron chi connectivity index (χ0n) is 17.6. The van der Waals surface area contributed by atoms with E-state index in [1.807, 2.05) is 0 Å². The Kier molecular flexibility index (Phi) is 5.86. The number of aryl methyl sites for hydroxylation is 1. The molecule has 1 amide bonds. The molecule has 0 bridgehead atoms. The van der Waals surface area contributed by atoms with Crippen LogP contribution < -0.4 is 10.9 Å². The molecule has 2 aromatic heterocycles. The van der Waals surface area contributed by atoms with Gasteiger partial charge in [-0.1, -0.05) is 37.6 Å². The van der Waals surface area contributed by atoms with E-state index < -0.39 is 0 Å². The van der Waals surface area contributed by atoms with Gasteiger partial charge in [0, 0.05) is 6.54 Å². The lowest BCUT2D eigenvalue weighted by molar-refractivity contribution is -0.113. The van der Waals surface area contributed by atoms with Crippen LogP contribution in [0.1, 0.15) is 43.4 Å². The van der Waals surface area contributed by atoms with Crippen LogP contribution in [0.2, 0.25) is 0 Å². The molecule has 8 heteroatoms. The Hall–Kier alpha value is -2.16. The van der Waals surface area contributed by atoms with Crippen LogP contribution in [0.4, 0.5) is 5.69 Å². The molecule has 1 fully saturated rings. The van der Waals surface area contributed by atoms with E-state index >= 15 is 0 Å². The number of nitrogens with zero attached hydrogens (tertiary/aromatic N) is 3. The Morgan fingerprint density at radius 2 is 1.90 bits per heavy atom. The molecule has 1 aromatic carbocycles. The molecular formula is C23H26N4O2S2. The lowest BCUT2D eigenvalue weighted by Crippen LogP contribution is -2.37. The fraction of sp³-hybridized carbons (Fsp3) is 0.435. The lowest BCUT2D eigenvalue weighted by Gasteiger charge is -2.35. The number of hydrogen-bond acceptors (Lipinski definition) is 6. The third-order valence-electron chi connectivity index (χ3n) is 6.20. The van der Waals surface area contributed by atoms with Gasteiger partial charge in [0.2, 0.25) is 5.91 Å². The van der Waals surface area contributed by atoms with Crippen molar-refractivity contribution in [2.75, 3.05) is 24.2 Å². The number of benzene rings is 1.